The number of aliphatic hydroxyl groups is 1. The number of aliphatic hydroxyl groups excluding tert-OH is 1. The van der Waals surface area contributed by atoms with Crippen LogP contribution in [0.1, 0.15) is 42.1 Å². The molecule has 0 saturated carbocycles. The Morgan fingerprint density at radius 3 is 2.76 bits per heavy atom. The molecule has 1 aromatic heterocycles. The third kappa shape index (κ3) is 6.18. The van der Waals surface area contributed by atoms with Gasteiger partial charge >= 0.3 is 0 Å². The summed E-state index contributed by atoms with van der Waals surface area (Å²) in [4.78, 5) is 25.4. The van der Waals surface area contributed by atoms with E-state index in [1.165, 1.54) is 29.5 Å². The molecule has 0 spiro atoms. The molecule has 0 fully saturated rings. The number of fused-ring (bicyclic) bond motifs is 1. The van der Waals surface area contributed by atoms with Gasteiger partial charge < -0.3 is 14.6 Å². The fraction of sp³-hybridized carbons (Fsp3) is 0.320. The van der Waals surface area contributed by atoms with Gasteiger partial charge in [-0.1, -0.05) is 19.1 Å². The summed E-state index contributed by atoms with van der Waals surface area (Å²) < 4.78 is 25.1. The van der Waals surface area contributed by atoms with Crippen molar-refractivity contribution < 1.29 is 28.6 Å². The van der Waals surface area contributed by atoms with E-state index in [0.29, 0.717) is 34.7 Å². The number of Topliss-reactive ketones (excluding diaryl/α,β-unsaturated/α-hetero) is 1. The number of hydrazone groups is 1. The number of benzene rings is 2. The van der Waals surface area contributed by atoms with Gasteiger partial charge in [0.2, 0.25) is 5.91 Å². The van der Waals surface area contributed by atoms with Crippen molar-refractivity contribution in [3.8, 4) is 11.5 Å². The highest BCUT2D eigenvalue weighted by Gasteiger charge is 2.17. The summed E-state index contributed by atoms with van der Waals surface area (Å²) in [5, 5.41) is 17.1. The predicted molar refractivity (Wildman–Crippen MR) is 131 cm³/mol. The number of halogens is 1. The van der Waals surface area contributed by atoms with Crippen molar-refractivity contribution in [1.29, 1.82) is 0 Å². The van der Waals surface area contributed by atoms with Crippen molar-refractivity contribution >= 4 is 39.3 Å². The number of amides is 1. The average molecular weight is 487 g/mol. The minimum Gasteiger partial charge on any atom is -0.493 e. The molecule has 0 bridgehead atoms. The van der Waals surface area contributed by atoms with Crippen LogP contribution in [-0.2, 0) is 4.79 Å². The SMILES string of the molecule is CCCN(/N=C/c1csc2c(F)cccc12)C(=O)CCC(=O)c1ccc(OCCO)c(OC)c1. The van der Waals surface area contributed by atoms with Crippen LogP contribution >= 0.6 is 11.3 Å². The lowest BCUT2D eigenvalue weighted by Crippen LogP contribution is -2.27. The Hall–Kier alpha value is -3.30. The molecule has 180 valence electrons. The summed E-state index contributed by atoms with van der Waals surface area (Å²) in [6.45, 7) is 2.32. The summed E-state index contributed by atoms with van der Waals surface area (Å²) in [6.07, 6.45) is 2.27. The maximum atomic E-state index is 13.9. The third-order valence-corrected chi connectivity index (χ3v) is 6.06. The number of ether oxygens (including phenoxy) is 2. The zero-order valence-corrected chi connectivity index (χ0v) is 19.9. The Kier molecular flexibility index (Phi) is 9.12. The molecule has 0 radical (unpaired) electrons. The van der Waals surface area contributed by atoms with Crippen molar-refractivity contribution in [2.75, 3.05) is 26.9 Å². The maximum absolute atomic E-state index is 13.9. The van der Waals surface area contributed by atoms with E-state index in [2.05, 4.69) is 5.10 Å². The standard InChI is InChI=1S/C25H27FN2O5S/c1-3-11-28(27-15-18-16-34-25-19(18)5-4-6-20(25)26)24(31)10-8-21(30)17-7-9-22(33-13-12-29)23(14-17)32-2/h4-7,9,14-16,29H,3,8,10-13H2,1-2H3/b27-15+. The summed E-state index contributed by atoms with van der Waals surface area (Å²) in [5.41, 5.74) is 1.14. The smallest absolute Gasteiger partial charge is 0.243 e. The topological polar surface area (TPSA) is 88.4 Å². The molecular formula is C25H27FN2O5S. The molecule has 1 N–H and O–H groups in total. The minimum atomic E-state index is -0.285. The Balaban J connectivity index is 1.65. The van der Waals surface area contributed by atoms with Crippen molar-refractivity contribution in [2.24, 2.45) is 5.10 Å². The molecule has 1 heterocycles. The van der Waals surface area contributed by atoms with Gasteiger partial charge in [0.25, 0.3) is 0 Å². The molecule has 0 aliphatic rings. The molecule has 3 aromatic rings. The van der Waals surface area contributed by atoms with E-state index in [4.69, 9.17) is 14.6 Å². The van der Waals surface area contributed by atoms with E-state index in [0.717, 1.165) is 10.9 Å². The van der Waals surface area contributed by atoms with Gasteiger partial charge in [0, 0.05) is 41.3 Å². The number of carbonyl (C=O) groups excluding carboxylic acids is 2. The predicted octanol–water partition coefficient (Wildman–Crippen LogP) is 4.66. The fourth-order valence-corrected chi connectivity index (χ4v) is 4.27. The Bertz CT molecular complexity index is 1180. The number of rotatable bonds is 12. The van der Waals surface area contributed by atoms with Crippen molar-refractivity contribution in [3.05, 3.63) is 58.7 Å². The van der Waals surface area contributed by atoms with E-state index >= 15 is 0 Å². The number of methoxy groups -OCH3 is 1. The summed E-state index contributed by atoms with van der Waals surface area (Å²) in [5.74, 6) is 0.0367. The van der Waals surface area contributed by atoms with Crippen LogP contribution in [-0.4, -0.2) is 54.9 Å². The monoisotopic (exact) mass is 486 g/mol. The van der Waals surface area contributed by atoms with Crippen LogP contribution in [0.4, 0.5) is 4.39 Å². The van der Waals surface area contributed by atoms with Gasteiger partial charge in [-0.2, -0.15) is 5.10 Å². The maximum Gasteiger partial charge on any atom is 0.243 e. The van der Waals surface area contributed by atoms with E-state index in [9.17, 15) is 14.0 Å². The van der Waals surface area contributed by atoms with Crippen molar-refractivity contribution in [3.63, 3.8) is 0 Å². The molecule has 9 heteroatoms. The normalized spacial score (nSPS) is 11.2. The van der Waals surface area contributed by atoms with Gasteiger partial charge in [-0.25, -0.2) is 9.40 Å². The number of carbonyl (C=O) groups is 2. The number of nitrogens with zero attached hydrogens (tertiary/aromatic N) is 2. The summed E-state index contributed by atoms with van der Waals surface area (Å²) in [7, 11) is 1.46. The van der Waals surface area contributed by atoms with E-state index in [1.807, 2.05) is 13.0 Å². The Morgan fingerprint density at radius 2 is 2.03 bits per heavy atom. The lowest BCUT2D eigenvalue weighted by molar-refractivity contribution is -0.131. The van der Waals surface area contributed by atoms with Crippen LogP contribution in [0.5, 0.6) is 11.5 Å². The molecule has 3 rings (SSSR count). The van der Waals surface area contributed by atoms with Gasteiger partial charge in [0.05, 0.1) is 24.6 Å². The molecular weight excluding hydrogens is 459 g/mol. The van der Waals surface area contributed by atoms with Crippen LogP contribution < -0.4 is 9.47 Å². The van der Waals surface area contributed by atoms with Crippen LogP contribution in [0.3, 0.4) is 0 Å². The van der Waals surface area contributed by atoms with E-state index in [-0.39, 0.29) is 43.6 Å². The highest BCUT2D eigenvalue weighted by molar-refractivity contribution is 7.17. The number of ketones is 1. The fourth-order valence-electron chi connectivity index (χ4n) is 3.34. The van der Waals surface area contributed by atoms with E-state index in [1.54, 1.807) is 35.9 Å². The highest BCUT2D eigenvalue weighted by atomic mass is 32.1. The molecule has 7 nitrogen and oxygen atoms in total. The first kappa shape index (κ1) is 25.3. The zero-order valence-electron chi connectivity index (χ0n) is 19.1. The quantitative estimate of drug-likeness (QED) is 0.229. The lowest BCUT2D eigenvalue weighted by atomic mass is 10.1. The largest absolute Gasteiger partial charge is 0.493 e. The molecule has 2 aromatic carbocycles. The van der Waals surface area contributed by atoms with Gasteiger partial charge in [-0.05, 0) is 30.7 Å². The molecule has 0 aliphatic heterocycles. The van der Waals surface area contributed by atoms with Crippen molar-refractivity contribution in [1.82, 2.24) is 5.01 Å². The summed E-state index contributed by atoms with van der Waals surface area (Å²) >= 11 is 1.29. The second kappa shape index (κ2) is 12.2. The molecule has 1 amide bonds. The van der Waals surface area contributed by atoms with Crippen LogP contribution in [0.25, 0.3) is 10.1 Å². The molecule has 34 heavy (non-hydrogen) atoms. The Morgan fingerprint density at radius 1 is 1.21 bits per heavy atom. The molecule has 0 atom stereocenters. The van der Waals surface area contributed by atoms with Gasteiger partial charge in [0.1, 0.15) is 12.4 Å². The minimum absolute atomic E-state index is 0.000263. The lowest BCUT2D eigenvalue weighted by Gasteiger charge is -2.16. The first-order chi connectivity index (χ1) is 16.5. The van der Waals surface area contributed by atoms with E-state index < -0.39 is 0 Å². The average Bonchev–Trinajstić information content (AvgIpc) is 3.27. The first-order valence-corrected chi connectivity index (χ1v) is 11.8. The second-order valence-electron chi connectivity index (χ2n) is 7.43. The highest BCUT2D eigenvalue weighted by Crippen LogP contribution is 2.29. The summed E-state index contributed by atoms with van der Waals surface area (Å²) in [6, 6.07) is 9.63. The van der Waals surface area contributed by atoms with Crippen LogP contribution in [0.15, 0.2) is 46.9 Å². The first-order valence-electron chi connectivity index (χ1n) is 10.9. The number of thiophene rings is 1. The molecule has 0 aliphatic carbocycles. The number of hydrogen-bond donors (Lipinski definition) is 1. The van der Waals surface area contributed by atoms with Gasteiger partial charge in [-0.15, -0.1) is 11.3 Å². The zero-order chi connectivity index (χ0) is 24.5. The molecule has 0 saturated heterocycles. The van der Waals surface area contributed by atoms with Crippen molar-refractivity contribution in [2.45, 2.75) is 26.2 Å². The second-order valence-corrected chi connectivity index (χ2v) is 8.31. The van der Waals surface area contributed by atoms with Crippen LogP contribution in [0.2, 0.25) is 0 Å². The van der Waals surface area contributed by atoms with Gasteiger partial charge in [0.15, 0.2) is 17.3 Å². The Labute approximate surface area is 201 Å². The molecule has 0 unspecified atom stereocenters. The number of hydrogen-bond acceptors (Lipinski definition) is 7. The van der Waals surface area contributed by atoms with Crippen LogP contribution in [0, 0.1) is 5.82 Å². The third-order valence-electron chi connectivity index (χ3n) is 5.04. The van der Waals surface area contributed by atoms with Gasteiger partial charge in [-0.3, -0.25) is 9.59 Å².